The molecule has 7 aromatic carbocycles. The molecular formula is C62H59N3O2S2. The number of aryl methyl sites for hydroxylation is 1. The Labute approximate surface area is 416 Å². The first kappa shape index (κ1) is 47.2. The minimum absolute atomic E-state index is 0.0957. The Balaban J connectivity index is 1.26. The number of carboxylic acid groups (broad SMARTS) is 1. The first-order valence-electron chi connectivity index (χ1n) is 24.6. The summed E-state index contributed by atoms with van der Waals surface area (Å²) in [7, 11) is 0. The van der Waals surface area contributed by atoms with Crippen molar-refractivity contribution in [1.82, 2.24) is 0 Å². The molecule has 5 nitrogen and oxygen atoms in total. The Hall–Kier alpha value is -6.85. The highest BCUT2D eigenvalue weighted by molar-refractivity contribution is 8.09. The number of benzene rings is 7. The van der Waals surface area contributed by atoms with Crippen LogP contribution in [0.1, 0.15) is 97.8 Å². The Morgan fingerprint density at radius 1 is 0.623 bits per heavy atom. The van der Waals surface area contributed by atoms with Gasteiger partial charge in [-0.3, -0.25) is 0 Å². The number of anilines is 6. The van der Waals surface area contributed by atoms with E-state index in [-0.39, 0.29) is 16.7 Å². The Kier molecular flexibility index (Phi) is 15.4. The Bertz CT molecular complexity index is 3000. The van der Waals surface area contributed by atoms with Gasteiger partial charge >= 0.3 is 5.97 Å². The number of para-hydroxylation sites is 2. The summed E-state index contributed by atoms with van der Waals surface area (Å²) in [5.41, 5.74) is 8.76. The number of carbonyl (C=O) groups is 1. The van der Waals surface area contributed by atoms with Crippen molar-refractivity contribution in [3.8, 4) is 6.07 Å². The van der Waals surface area contributed by atoms with Gasteiger partial charge in [0.15, 0.2) is 0 Å². The van der Waals surface area contributed by atoms with Crippen LogP contribution in [-0.4, -0.2) is 11.1 Å². The molecule has 346 valence electrons. The molecule has 1 aliphatic rings. The van der Waals surface area contributed by atoms with Gasteiger partial charge in [-0.1, -0.05) is 174 Å². The molecule has 0 saturated carbocycles. The second-order valence-electron chi connectivity index (χ2n) is 18.0. The van der Waals surface area contributed by atoms with E-state index in [1.807, 2.05) is 17.8 Å². The smallest absolute Gasteiger partial charge is 0.346 e. The number of unbranched alkanes of at least 4 members (excludes halogenated alkanes) is 6. The molecule has 0 fully saturated rings. The lowest BCUT2D eigenvalue weighted by atomic mass is 9.91. The summed E-state index contributed by atoms with van der Waals surface area (Å²) in [5.74, 6) is -0.950. The predicted octanol–water partition coefficient (Wildman–Crippen LogP) is 18.5. The van der Waals surface area contributed by atoms with Gasteiger partial charge in [-0.2, -0.15) is 5.26 Å². The summed E-state index contributed by atoms with van der Waals surface area (Å²) in [5, 5.41) is 24.4. The van der Waals surface area contributed by atoms with Gasteiger partial charge in [0.2, 0.25) is 0 Å². The number of nitrogens with zero attached hydrogens (tertiary/aromatic N) is 3. The largest absolute Gasteiger partial charge is 0.477 e. The van der Waals surface area contributed by atoms with E-state index in [9.17, 15) is 15.2 Å². The topological polar surface area (TPSA) is 67.6 Å². The van der Waals surface area contributed by atoms with E-state index in [1.165, 1.54) is 68.1 Å². The molecule has 0 radical (unpaired) electrons. The Morgan fingerprint density at radius 2 is 1.16 bits per heavy atom. The van der Waals surface area contributed by atoms with E-state index in [4.69, 9.17) is 0 Å². The second-order valence-corrected chi connectivity index (χ2v) is 20.3. The van der Waals surface area contributed by atoms with Crippen molar-refractivity contribution in [2.75, 3.05) is 9.80 Å². The van der Waals surface area contributed by atoms with Crippen LogP contribution in [0.3, 0.4) is 0 Å². The van der Waals surface area contributed by atoms with Crippen molar-refractivity contribution < 1.29 is 9.90 Å². The monoisotopic (exact) mass is 941 g/mol. The Morgan fingerprint density at radius 3 is 1.71 bits per heavy atom. The number of thioether (sulfide) groups is 1. The van der Waals surface area contributed by atoms with Crippen molar-refractivity contribution in [3.05, 3.63) is 202 Å². The van der Waals surface area contributed by atoms with Gasteiger partial charge in [0.1, 0.15) is 11.6 Å². The highest BCUT2D eigenvalue weighted by Gasteiger charge is 2.34. The summed E-state index contributed by atoms with van der Waals surface area (Å²) in [4.78, 5) is 20.2. The quantitative estimate of drug-likeness (QED) is 0.0466. The highest BCUT2D eigenvalue weighted by Crippen LogP contribution is 2.57. The van der Waals surface area contributed by atoms with Gasteiger partial charge in [-0.25, -0.2) is 4.79 Å². The third-order valence-electron chi connectivity index (χ3n) is 13.2. The van der Waals surface area contributed by atoms with Crippen LogP contribution < -0.4 is 9.80 Å². The normalized spacial score (nSPS) is 14.7. The van der Waals surface area contributed by atoms with Gasteiger partial charge in [-0.05, 0) is 114 Å². The van der Waals surface area contributed by atoms with Crippen molar-refractivity contribution in [1.29, 1.82) is 5.26 Å². The molecule has 0 aliphatic carbocycles. The maximum atomic E-state index is 12.1. The number of rotatable bonds is 20. The van der Waals surface area contributed by atoms with Crippen LogP contribution in [0, 0.1) is 17.2 Å². The third-order valence-corrected chi connectivity index (χ3v) is 16.0. The molecule has 1 aliphatic heterocycles. The molecule has 2 atom stereocenters. The van der Waals surface area contributed by atoms with E-state index in [1.54, 1.807) is 17.4 Å². The van der Waals surface area contributed by atoms with Crippen LogP contribution in [0.15, 0.2) is 182 Å². The summed E-state index contributed by atoms with van der Waals surface area (Å²) in [6.07, 6.45) is 15.3. The fourth-order valence-electron chi connectivity index (χ4n) is 9.83. The van der Waals surface area contributed by atoms with Crippen LogP contribution in [0.25, 0.3) is 32.5 Å². The van der Waals surface area contributed by atoms with Crippen LogP contribution in [-0.2, 0) is 11.2 Å². The van der Waals surface area contributed by atoms with Crippen molar-refractivity contribution >= 4 is 95.7 Å². The predicted molar refractivity (Wildman–Crippen MR) is 295 cm³/mol. The van der Waals surface area contributed by atoms with Gasteiger partial charge in [-0.15, -0.1) is 23.1 Å². The number of carboxylic acids is 1. The molecule has 7 heteroatoms. The number of hydrogen-bond donors (Lipinski definition) is 1. The summed E-state index contributed by atoms with van der Waals surface area (Å²) >= 11 is 3.58. The fraction of sp³-hybridized carbons (Fsp3) is 0.226. The zero-order chi connectivity index (χ0) is 47.5. The van der Waals surface area contributed by atoms with Gasteiger partial charge in [0, 0.05) is 53.4 Å². The first-order valence-corrected chi connectivity index (χ1v) is 26.3. The van der Waals surface area contributed by atoms with Crippen molar-refractivity contribution in [2.24, 2.45) is 5.92 Å². The molecule has 0 bridgehead atoms. The van der Waals surface area contributed by atoms with E-state index in [0.29, 0.717) is 0 Å². The number of allylic oxidation sites excluding steroid dienone is 1. The van der Waals surface area contributed by atoms with Crippen molar-refractivity contribution in [2.45, 2.75) is 83.3 Å². The van der Waals surface area contributed by atoms with E-state index < -0.39 is 5.97 Å². The molecule has 1 aromatic heterocycles. The lowest BCUT2D eigenvalue weighted by Crippen LogP contribution is -2.15. The molecule has 69 heavy (non-hydrogen) atoms. The molecule has 0 saturated heterocycles. The van der Waals surface area contributed by atoms with Crippen LogP contribution in [0.2, 0.25) is 0 Å². The average Bonchev–Trinajstić information content (AvgIpc) is 4.00. The zero-order valence-electron chi connectivity index (χ0n) is 39.6. The minimum atomic E-state index is -1.20. The van der Waals surface area contributed by atoms with Crippen LogP contribution in [0.4, 0.5) is 34.1 Å². The molecule has 8 aromatic rings. The summed E-state index contributed by atoms with van der Waals surface area (Å²) in [6, 6.07) is 63.4. The SMILES string of the molecule is CCCCCCc1cc(/C=C(/C#N)C(=O)O)sc1C1=CC(CCCCCC)C(c2cc(N(c3ccccc3)c3cccc4ccccc34)cc(N(c3ccccc3)c3cccc4ccccc34)c2)S1. The van der Waals surface area contributed by atoms with Crippen LogP contribution >= 0.6 is 23.1 Å². The van der Waals surface area contributed by atoms with Gasteiger partial charge in [0.25, 0.3) is 0 Å². The minimum Gasteiger partial charge on any atom is -0.477 e. The fourth-order valence-corrected chi connectivity index (χ4v) is 12.6. The molecule has 0 amide bonds. The summed E-state index contributed by atoms with van der Waals surface area (Å²) in [6.45, 7) is 4.51. The molecule has 2 unspecified atom stereocenters. The average molecular weight is 942 g/mol. The highest BCUT2D eigenvalue weighted by atomic mass is 32.2. The number of aliphatic carboxylic acids is 1. The third kappa shape index (κ3) is 10.7. The van der Waals surface area contributed by atoms with E-state index in [0.717, 1.165) is 77.5 Å². The van der Waals surface area contributed by atoms with Crippen LogP contribution in [0.5, 0.6) is 0 Å². The van der Waals surface area contributed by atoms with Gasteiger partial charge in [0.05, 0.1) is 11.4 Å². The second kappa shape index (κ2) is 22.5. The van der Waals surface area contributed by atoms with E-state index >= 15 is 0 Å². The summed E-state index contributed by atoms with van der Waals surface area (Å²) < 4.78 is 0. The van der Waals surface area contributed by atoms with Crippen molar-refractivity contribution in [3.63, 3.8) is 0 Å². The lowest BCUT2D eigenvalue weighted by molar-refractivity contribution is -0.132. The maximum Gasteiger partial charge on any atom is 0.346 e. The lowest BCUT2D eigenvalue weighted by Gasteiger charge is -2.32. The zero-order valence-corrected chi connectivity index (χ0v) is 41.2. The molecule has 9 rings (SSSR count). The number of nitriles is 1. The molecule has 1 N–H and O–H groups in total. The molecular weight excluding hydrogens is 883 g/mol. The maximum absolute atomic E-state index is 12.1. The first-order chi connectivity index (χ1) is 33.9. The number of hydrogen-bond acceptors (Lipinski definition) is 6. The number of fused-ring (bicyclic) bond motifs is 2. The molecule has 2 heterocycles. The standard InChI is InChI=1S/C62H59N3O2S2/c1-3-5-7-11-25-46-39-54(40-49(43-63)62(66)67)68-61(46)59-41-47(26-12-8-6-4-2)60(69-59)48-37-52(64(50-29-13-9-14-30-50)57-35-21-27-44-23-17-19-33-55(44)57)42-53(38-48)65(51-31-15-10-16-32-51)58-36-22-28-45-24-18-20-34-56(45)58/h9-10,13-24,27-42,47,60H,3-8,11-12,25-26H2,1-2H3,(H,66,67)/b49-40-. The van der Waals surface area contributed by atoms with E-state index in [2.05, 4.69) is 200 Å². The number of thiophene rings is 1. The van der Waals surface area contributed by atoms with Gasteiger partial charge < -0.3 is 14.9 Å². The molecule has 0 spiro atoms.